The van der Waals surface area contributed by atoms with Crippen LogP contribution in [0.3, 0.4) is 0 Å². The van der Waals surface area contributed by atoms with Gasteiger partial charge in [-0.25, -0.2) is 4.39 Å². The number of hydrogen-bond acceptors (Lipinski definition) is 5. The Morgan fingerprint density at radius 1 is 1.14 bits per heavy atom. The van der Waals surface area contributed by atoms with Crippen molar-refractivity contribution in [1.29, 1.82) is 0 Å². The van der Waals surface area contributed by atoms with Crippen LogP contribution in [0.15, 0.2) is 59.5 Å². The van der Waals surface area contributed by atoms with E-state index in [9.17, 15) is 23.9 Å². The van der Waals surface area contributed by atoms with Crippen molar-refractivity contribution in [2.24, 2.45) is 0 Å². The molecular formula is C21H19FN2O4S. The van der Waals surface area contributed by atoms with Crippen molar-refractivity contribution in [3.05, 3.63) is 76.4 Å². The number of hydrogen-bond donors (Lipinski definition) is 2. The zero-order chi connectivity index (χ0) is 20.8. The van der Waals surface area contributed by atoms with Gasteiger partial charge in [-0.05, 0) is 35.9 Å². The number of aliphatic hydroxyl groups is 1. The fraction of sp³-hybridized carbons (Fsp3) is 0.190. The number of halogens is 1. The molecule has 0 aliphatic carbocycles. The predicted molar refractivity (Wildman–Crippen MR) is 108 cm³/mol. The lowest BCUT2D eigenvalue weighted by molar-refractivity contribution is -0.129. The molecule has 6 nitrogen and oxygen atoms in total. The fourth-order valence-corrected chi connectivity index (χ4v) is 3.68. The molecular weight excluding hydrogens is 395 g/mol. The van der Waals surface area contributed by atoms with Crippen molar-refractivity contribution in [2.75, 3.05) is 13.2 Å². The minimum absolute atomic E-state index is 0.0518. The highest BCUT2D eigenvalue weighted by Gasteiger charge is 2.36. The van der Waals surface area contributed by atoms with Crippen LogP contribution in [0.5, 0.6) is 0 Å². The van der Waals surface area contributed by atoms with E-state index in [1.165, 1.54) is 24.3 Å². The molecule has 0 saturated carbocycles. The molecule has 3 rings (SSSR count). The zero-order valence-corrected chi connectivity index (χ0v) is 16.2. The summed E-state index contributed by atoms with van der Waals surface area (Å²) in [6, 6.07) is 14.7. The smallest absolute Gasteiger partial charge is 0.294 e. The van der Waals surface area contributed by atoms with Crippen molar-refractivity contribution in [3.8, 4) is 0 Å². The third kappa shape index (κ3) is 5.30. The number of nitrogens with zero attached hydrogens (tertiary/aromatic N) is 1. The van der Waals surface area contributed by atoms with Crippen molar-refractivity contribution >= 4 is 34.9 Å². The van der Waals surface area contributed by atoms with E-state index in [2.05, 4.69) is 5.32 Å². The van der Waals surface area contributed by atoms with Crippen molar-refractivity contribution in [2.45, 2.75) is 12.5 Å². The summed E-state index contributed by atoms with van der Waals surface area (Å²) in [7, 11) is 0. The number of benzene rings is 2. The number of rotatable bonds is 7. The first-order valence-corrected chi connectivity index (χ1v) is 9.73. The number of amides is 3. The topological polar surface area (TPSA) is 86.7 Å². The predicted octanol–water partition coefficient (Wildman–Crippen LogP) is 2.58. The van der Waals surface area contributed by atoms with Crippen LogP contribution in [0.4, 0.5) is 9.18 Å². The third-order valence-corrected chi connectivity index (χ3v) is 5.18. The number of carbonyl (C=O) groups is 3. The second-order valence-corrected chi connectivity index (χ2v) is 7.42. The molecule has 0 radical (unpaired) electrons. The minimum atomic E-state index is -0.651. The summed E-state index contributed by atoms with van der Waals surface area (Å²) in [4.78, 5) is 37.8. The summed E-state index contributed by atoms with van der Waals surface area (Å²) in [5, 5.41) is 11.6. The summed E-state index contributed by atoms with van der Waals surface area (Å²) in [5.74, 6) is -1.72. The van der Waals surface area contributed by atoms with Crippen LogP contribution in [-0.4, -0.2) is 46.3 Å². The fourth-order valence-electron chi connectivity index (χ4n) is 2.85. The first-order valence-electron chi connectivity index (χ1n) is 8.92. The molecule has 1 heterocycles. The molecule has 29 heavy (non-hydrogen) atoms. The highest BCUT2D eigenvalue weighted by atomic mass is 32.2. The lowest BCUT2D eigenvalue weighted by Gasteiger charge is -2.18. The molecule has 0 spiro atoms. The van der Waals surface area contributed by atoms with Gasteiger partial charge in [0.05, 0.1) is 17.6 Å². The minimum Gasteiger partial charge on any atom is -0.394 e. The van der Waals surface area contributed by atoms with Crippen LogP contribution >= 0.6 is 11.8 Å². The molecule has 150 valence electrons. The summed E-state index contributed by atoms with van der Waals surface area (Å²) in [6.07, 6.45) is 1.71. The van der Waals surface area contributed by atoms with Gasteiger partial charge in [-0.3, -0.25) is 19.3 Å². The van der Waals surface area contributed by atoms with Gasteiger partial charge in [0.2, 0.25) is 5.91 Å². The largest absolute Gasteiger partial charge is 0.394 e. The highest BCUT2D eigenvalue weighted by molar-refractivity contribution is 8.18. The Balaban J connectivity index is 1.63. The van der Waals surface area contributed by atoms with Gasteiger partial charge in [0.1, 0.15) is 12.4 Å². The Morgan fingerprint density at radius 2 is 1.83 bits per heavy atom. The molecule has 0 bridgehead atoms. The molecule has 1 aliphatic rings. The molecule has 2 aromatic carbocycles. The lowest BCUT2D eigenvalue weighted by Crippen LogP contribution is -2.45. The second-order valence-electron chi connectivity index (χ2n) is 6.43. The average Bonchev–Trinajstić information content (AvgIpc) is 2.97. The zero-order valence-electron chi connectivity index (χ0n) is 15.4. The van der Waals surface area contributed by atoms with E-state index in [4.69, 9.17) is 0 Å². The van der Waals surface area contributed by atoms with Gasteiger partial charge in [-0.15, -0.1) is 0 Å². The summed E-state index contributed by atoms with van der Waals surface area (Å²) in [5.41, 5.74) is 1.12. The maximum absolute atomic E-state index is 13.8. The second kappa shape index (κ2) is 9.49. The normalized spacial score (nSPS) is 16.3. The molecule has 0 unspecified atom stereocenters. The van der Waals surface area contributed by atoms with Crippen LogP contribution in [0.25, 0.3) is 6.08 Å². The molecule has 3 amide bonds. The van der Waals surface area contributed by atoms with Gasteiger partial charge >= 0.3 is 0 Å². The maximum Gasteiger partial charge on any atom is 0.294 e. The molecule has 0 aromatic heterocycles. The molecule has 1 aliphatic heterocycles. The molecule has 2 aromatic rings. The van der Waals surface area contributed by atoms with Gasteiger partial charge in [-0.2, -0.15) is 0 Å². The Kier molecular flexibility index (Phi) is 6.79. The third-order valence-electron chi connectivity index (χ3n) is 4.28. The number of carbonyl (C=O) groups excluding carboxylic acids is 3. The number of imide groups is 1. The van der Waals surface area contributed by atoms with E-state index in [0.717, 1.165) is 10.5 Å². The van der Waals surface area contributed by atoms with E-state index in [1.807, 2.05) is 30.3 Å². The first kappa shape index (κ1) is 20.8. The summed E-state index contributed by atoms with van der Waals surface area (Å²) >= 11 is 0.657. The van der Waals surface area contributed by atoms with Crippen molar-refractivity contribution in [3.63, 3.8) is 0 Å². The summed E-state index contributed by atoms with van der Waals surface area (Å²) < 4.78 is 13.8. The average molecular weight is 414 g/mol. The van der Waals surface area contributed by atoms with E-state index in [0.29, 0.717) is 18.2 Å². The molecule has 2 N–H and O–H groups in total. The highest BCUT2D eigenvalue weighted by Crippen LogP contribution is 2.32. The molecule has 1 fully saturated rings. The Morgan fingerprint density at radius 3 is 2.52 bits per heavy atom. The van der Waals surface area contributed by atoms with Crippen LogP contribution in [-0.2, 0) is 16.0 Å². The van der Waals surface area contributed by atoms with E-state index >= 15 is 0 Å². The molecule has 1 saturated heterocycles. The van der Waals surface area contributed by atoms with Crippen molar-refractivity contribution in [1.82, 2.24) is 10.2 Å². The van der Waals surface area contributed by atoms with Crippen LogP contribution in [0.1, 0.15) is 11.1 Å². The standard InChI is InChI=1S/C21H19FN2O4S/c22-17-9-5-4-8-15(17)11-18-20(27)24(21(28)29-18)12-19(26)23-16(13-25)10-14-6-2-1-3-7-14/h1-9,11,16,25H,10,12-13H2,(H,23,26)/b18-11-/t16-/m0/s1. The van der Waals surface area contributed by atoms with Gasteiger partial charge in [-0.1, -0.05) is 48.5 Å². The number of nitrogens with one attached hydrogen (secondary N) is 1. The Hall–Kier alpha value is -2.97. The van der Waals surface area contributed by atoms with E-state index in [-0.39, 0.29) is 17.1 Å². The van der Waals surface area contributed by atoms with Crippen LogP contribution in [0, 0.1) is 5.82 Å². The van der Waals surface area contributed by atoms with Crippen LogP contribution < -0.4 is 5.32 Å². The van der Waals surface area contributed by atoms with Gasteiger partial charge < -0.3 is 10.4 Å². The van der Waals surface area contributed by atoms with Crippen molar-refractivity contribution < 1.29 is 23.9 Å². The first-order chi connectivity index (χ1) is 14.0. The van der Waals surface area contributed by atoms with Gasteiger partial charge in [0.15, 0.2) is 0 Å². The lowest BCUT2D eigenvalue weighted by atomic mass is 10.1. The Labute approximate surface area is 171 Å². The van der Waals surface area contributed by atoms with E-state index < -0.39 is 35.5 Å². The monoisotopic (exact) mass is 414 g/mol. The van der Waals surface area contributed by atoms with E-state index in [1.54, 1.807) is 6.07 Å². The quantitative estimate of drug-likeness (QED) is 0.680. The maximum atomic E-state index is 13.8. The van der Waals surface area contributed by atoms with Crippen LogP contribution in [0.2, 0.25) is 0 Å². The molecule has 8 heteroatoms. The van der Waals surface area contributed by atoms with Gasteiger partial charge in [0.25, 0.3) is 11.1 Å². The molecule has 1 atom stereocenters. The number of thioether (sulfide) groups is 1. The van der Waals surface area contributed by atoms with Gasteiger partial charge in [0, 0.05) is 5.56 Å². The Bertz CT molecular complexity index is 949. The SMILES string of the molecule is O=C(CN1C(=O)S/C(=C\c2ccccc2F)C1=O)N[C@H](CO)Cc1ccccc1. The number of aliphatic hydroxyl groups excluding tert-OH is 1. The summed E-state index contributed by atoms with van der Waals surface area (Å²) in [6.45, 7) is -0.750.